The molecule has 0 aliphatic carbocycles. The quantitative estimate of drug-likeness (QED) is 0.756. The van der Waals surface area contributed by atoms with Crippen LogP contribution >= 0.6 is 0 Å². The highest BCUT2D eigenvalue weighted by Gasteiger charge is 2.21. The van der Waals surface area contributed by atoms with Crippen LogP contribution in [0, 0.1) is 6.92 Å². The van der Waals surface area contributed by atoms with Crippen LogP contribution in [0.2, 0.25) is 0 Å². The highest BCUT2D eigenvalue weighted by molar-refractivity contribution is 5.96. The SMILES string of the molecule is Cc1ccc2oc(=O)c(C(=O)N3CCCCCC3)cc2c1. The number of carbonyl (C=O) groups is 1. The van der Waals surface area contributed by atoms with Crippen LogP contribution in [0.4, 0.5) is 0 Å². The van der Waals surface area contributed by atoms with Gasteiger partial charge in [0.2, 0.25) is 0 Å². The molecule has 21 heavy (non-hydrogen) atoms. The van der Waals surface area contributed by atoms with Crippen molar-refractivity contribution in [3.05, 3.63) is 45.8 Å². The summed E-state index contributed by atoms with van der Waals surface area (Å²) in [5.41, 5.74) is 1.21. The largest absolute Gasteiger partial charge is 0.422 e. The third kappa shape index (κ3) is 2.84. The summed E-state index contributed by atoms with van der Waals surface area (Å²) in [5, 5.41) is 0.799. The van der Waals surface area contributed by atoms with Crippen molar-refractivity contribution in [3.63, 3.8) is 0 Å². The molecule has 1 aliphatic heterocycles. The summed E-state index contributed by atoms with van der Waals surface area (Å²) in [4.78, 5) is 26.4. The van der Waals surface area contributed by atoms with Crippen LogP contribution < -0.4 is 5.63 Å². The van der Waals surface area contributed by atoms with Crippen molar-refractivity contribution in [2.24, 2.45) is 0 Å². The molecule has 0 spiro atoms. The van der Waals surface area contributed by atoms with Gasteiger partial charge in [-0.3, -0.25) is 4.79 Å². The summed E-state index contributed by atoms with van der Waals surface area (Å²) in [6, 6.07) is 7.26. The van der Waals surface area contributed by atoms with E-state index >= 15 is 0 Å². The summed E-state index contributed by atoms with van der Waals surface area (Å²) in [5.74, 6) is -0.200. The molecule has 0 N–H and O–H groups in total. The summed E-state index contributed by atoms with van der Waals surface area (Å²) in [7, 11) is 0. The standard InChI is InChI=1S/C17H19NO3/c1-12-6-7-15-13(10-12)11-14(17(20)21-15)16(19)18-8-4-2-3-5-9-18/h6-7,10-11H,2-5,8-9H2,1H3. The monoisotopic (exact) mass is 285 g/mol. The van der Waals surface area contributed by atoms with Gasteiger partial charge in [0.1, 0.15) is 11.1 Å². The van der Waals surface area contributed by atoms with Crippen molar-refractivity contribution in [2.75, 3.05) is 13.1 Å². The average molecular weight is 285 g/mol. The maximum Gasteiger partial charge on any atom is 0.349 e. The van der Waals surface area contributed by atoms with E-state index in [1.54, 1.807) is 17.0 Å². The lowest BCUT2D eigenvalue weighted by Gasteiger charge is -2.19. The number of fused-ring (bicyclic) bond motifs is 1. The molecule has 2 aromatic rings. The van der Waals surface area contributed by atoms with E-state index in [-0.39, 0.29) is 11.5 Å². The Labute approximate surface area is 123 Å². The first-order valence-corrected chi connectivity index (χ1v) is 7.49. The van der Waals surface area contributed by atoms with Crippen LogP contribution in [0.15, 0.2) is 33.5 Å². The van der Waals surface area contributed by atoms with E-state index in [0.29, 0.717) is 5.58 Å². The predicted molar refractivity (Wildman–Crippen MR) is 81.6 cm³/mol. The molecule has 0 saturated carbocycles. The van der Waals surface area contributed by atoms with E-state index in [1.165, 1.54) is 0 Å². The fraction of sp³-hybridized carbons (Fsp3) is 0.412. The van der Waals surface area contributed by atoms with E-state index in [2.05, 4.69) is 0 Å². The lowest BCUT2D eigenvalue weighted by Crippen LogP contribution is -2.34. The summed E-state index contributed by atoms with van der Waals surface area (Å²) in [6.45, 7) is 3.43. The molecular formula is C17H19NO3. The van der Waals surface area contributed by atoms with Gasteiger partial charge in [-0.25, -0.2) is 4.79 Å². The van der Waals surface area contributed by atoms with Gasteiger partial charge in [-0.15, -0.1) is 0 Å². The minimum absolute atomic E-state index is 0.148. The molecule has 0 atom stereocenters. The van der Waals surface area contributed by atoms with E-state index in [9.17, 15) is 9.59 Å². The Morgan fingerprint density at radius 2 is 1.81 bits per heavy atom. The van der Waals surface area contributed by atoms with Crippen molar-refractivity contribution in [3.8, 4) is 0 Å². The molecule has 0 radical (unpaired) electrons. The first kappa shape index (κ1) is 13.9. The van der Waals surface area contributed by atoms with Gasteiger partial charge < -0.3 is 9.32 Å². The van der Waals surface area contributed by atoms with E-state index < -0.39 is 5.63 Å². The fourth-order valence-electron chi connectivity index (χ4n) is 2.84. The van der Waals surface area contributed by atoms with Crippen molar-refractivity contribution < 1.29 is 9.21 Å². The molecule has 2 heterocycles. The van der Waals surface area contributed by atoms with Gasteiger partial charge in [-0.1, -0.05) is 24.5 Å². The van der Waals surface area contributed by atoms with Gasteiger partial charge in [0, 0.05) is 18.5 Å². The number of benzene rings is 1. The molecule has 1 saturated heterocycles. The molecule has 0 unspecified atom stereocenters. The van der Waals surface area contributed by atoms with Crippen LogP contribution in [0.5, 0.6) is 0 Å². The average Bonchev–Trinajstić information content (AvgIpc) is 2.75. The van der Waals surface area contributed by atoms with Crippen LogP contribution in [0.3, 0.4) is 0 Å². The summed E-state index contributed by atoms with van der Waals surface area (Å²) in [6.07, 6.45) is 4.30. The van der Waals surface area contributed by atoms with Gasteiger partial charge in [-0.2, -0.15) is 0 Å². The van der Waals surface area contributed by atoms with Crippen LogP contribution in [-0.4, -0.2) is 23.9 Å². The van der Waals surface area contributed by atoms with Gasteiger partial charge >= 0.3 is 5.63 Å². The molecule has 1 aromatic heterocycles. The zero-order chi connectivity index (χ0) is 14.8. The molecule has 3 rings (SSSR count). The second kappa shape index (κ2) is 5.72. The Hall–Kier alpha value is -2.10. The zero-order valence-electron chi connectivity index (χ0n) is 12.2. The highest BCUT2D eigenvalue weighted by atomic mass is 16.4. The number of likely N-dealkylation sites (tertiary alicyclic amines) is 1. The molecule has 1 aromatic carbocycles. The van der Waals surface area contributed by atoms with Gasteiger partial charge in [-0.05, 0) is 38.0 Å². The molecule has 1 amide bonds. The zero-order valence-corrected chi connectivity index (χ0v) is 12.2. The van der Waals surface area contributed by atoms with E-state index in [1.807, 2.05) is 19.1 Å². The van der Waals surface area contributed by atoms with Gasteiger partial charge in [0.25, 0.3) is 5.91 Å². The first-order valence-electron chi connectivity index (χ1n) is 7.49. The Morgan fingerprint density at radius 3 is 2.52 bits per heavy atom. The Morgan fingerprint density at radius 1 is 1.10 bits per heavy atom. The van der Waals surface area contributed by atoms with Gasteiger partial charge in [0.15, 0.2) is 0 Å². The van der Waals surface area contributed by atoms with Crippen molar-refractivity contribution >= 4 is 16.9 Å². The molecule has 110 valence electrons. The Kier molecular flexibility index (Phi) is 3.78. The predicted octanol–water partition coefficient (Wildman–Crippen LogP) is 3.12. The second-order valence-electron chi connectivity index (χ2n) is 5.70. The molecule has 4 nitrogen and oxygen atoms in total. The second-order valence-corrected chi connectivity index (χ2v) is 5.70. The van der Waals surface area contributed by atoms with Crippen LogP contribution in [0.25, 0.3) is 11.0 Å². The molecule has 4 heteroatoms. The molecule has 1 aliphatic rings. The van der Waals surface area contributed by atoms with Crippen molar-refractivity contribution in [1.29, 1.82) is 0 Å². The minimum Gasteiger partial charge on any atom is -0.422 e. The maximum absolute atomic E-state index is 12.6. The number of rotatable bonds is 1. The van der Waals surface area contributed by atoms with Crippen LogP contribution in [0.1, 0.15) is 41.6 Å². The number of hydrogen-bond donors (Lipinski definition) is 0. The lowest BCUT2D eigenvalue weighted by atomic mass is 10.1. The first-order chi connectivity index (χ1) is 10.1. The summed E-state index contributed by atoms with van der Waals surface area (Å²) < 4.78 is 5.29. The number of hydrogen-bond acceptors (Lipinski definition) is 3. The topological polar surface area (TPSA) is 50.5 Å². The third-order valence-electron chi connectivity index (χ3n) is 4.01. The van der Waals surface area contributed by atoms with Crippen molar-refractivity contribution in [1.82, 2.24) is 4.90 Å². The van der Waals surface area contributed by atoms with Crippen LogP contribution in [-0.2, 0) is 0 Å². The normalized spacial score (nSPS) is 16.0. The number of carbonyl (C=O) groups excluding carboxylic acids is 1. The Balaban J connectivity index is 2.00. The molecular weight excluding hydrogens is 266 g/mol. The van der Waals surface area contributed by atoms with E-state index in [0.717, 1.165) is 49.7 Å². The fourth-order valence-corrected chi connectivity index (χ4v) is 2.84. The maximum atomic E-state index is 12.6. The summed E-state index contributed by atoms with van der Waals surface area (Å²) >= 11 is 0. The lowest BCUT2D eigenvalue weighted by molar-refractivity contribution is 0.0757. The van der Waals surface area contributed by atoms with Crippen molar-refractivity contribution in [2.45, 2.75) is 32.6 Å². The Bertz CT molecular complexity index is 724. The number of aryl methyl sites for hydroxylation is 1. The minimum atomic E-state index is -0.541. The number of amides is 1. The highest BCUT2D eigenvalue weighted by Crippen LogP contribution is 2.17. The van der Waals surface area contributed by atoms with Gasteiger partial charge in [0.05, 0.1) is 0 Å². The molecule has 0 bridgehead atoms. The molecule has 1 fully saturated rings. The number of nitrogens with zero attached hydrogens (tertiary/aromatic N) is 1. The third-order valence-corrected chi connectivity index (χ3v) is 4.01. The van der Waals surface area contributed by atoms with E-state index in [4.69, 9.17) is 4.42 Å². The smallest absolute Gasteiger partial charge is 0.349 e.